The zero-order valence-electron chi connectivity index (χ0n) is 32.0. The molecule has 6 nitrogen and oxygen atoms in total. The molecule has 9 aromatic rings. The van der Waals surface area contributed by atoms with Crippen molar-refractivity contribution in [1.82, 2.24) is 29.9 Å². The van der Waals surface area contributed by atoms with Gasteiger partial charge in [-0.1, -0.05) is 182 Å². The Labute approximate surface area is 360 Å². The SMILES string of the molecule is C1=CCCC(c2nc(-c3ccccc3)nc(-c3ccc(-c4ccc5ccc(-c6ccc(-c7nc(-c8ccccc8)nc(-c8ccccc8)n7)cc6)cc5c4)cc3)n2)=C1.I. The summed E-state index contributed by atoms with van der Waals surface area (Å²) in [7, 11) is 0. The highest BCUT2D eigenvalue weighted by Gasteiger charge is 2.16. The van der Waals surface area contributed by atoms with E-state index in [0.29, 0.717) is 29.1 Å². The molecule has 0 unspecified atom stereocenters. The molecule has 0 bridgehead atoms. The third-order valence-electron chi connectivity index (χ3n) is 10.5. The first-order valence-electron chi connectivity index (χ1n) is 19.5. The lowest BCUT2D eigenvalue weighted by Crippen LogP contribution is -2.03. The molecule has 0 atom stereocenters. The fourth-order valence-electron chi connectivity index (χ4n) is 7.32. The summed E-state index contributed by atoms with van der Waals surface area (Å²) in [5.41, 5.74) is 10.4. The molecule has 1 aliphatic rings. The number of fused-ring (bicyclic) bond motifs is 1. The standard InChI is InChI=1S/C52H36N6.HI/c1-5-13-38(14-6-1)47-53-48(39-15-7-2-8-16-39)56-51(55-47)42-27-21-35(22-28-42)44-31-25-37-26-32-45(34-46(37)33-44)36-23-29-43(30-24-36)52-57-49(40-17-9-3-10-18-40)54-50(58-52)41-19-11-4-12-20-41;/h1-11,13-19,21-34H,12,20H2;1H. The van der Waals surface area contributed by atoms with Crippen molar-refractivity contribution >= 4 is 40.3 Å². The number of hydrogen-bond acceptors (Lipinski definition) is 6. The molecule has 0 N–H and O–H groups in total. The summed E-state index contributed by atoms with van der Waals surface area (Å²) in [6, 6.07) is 60.5. The number of hydrogen-bond donors (Lipinski definition) is 0. The maximum absolute atomic E-state index is 4.96. The third-order valence-corrected chi connectivity index (χ3v) is 10.5. The summed E-state index contributed by atoms with van der Waals surface area (Å²) in [6.07, 6.45) is 8.27. The van der Waals surface area contributed by atoms with Crippen molar-refractivity contribution in [3.05, 3.63) is 200 Å². The summed E-state index contributed by atoms with van der Waals surface area (Å²) >= 11 is 0. The van der Waals surface area contributed by atoms with Gasteiger partial charge in [0, 0.05) is 27.8 Å². The fourth-order valence-corrected chi connectivity index (χ4v) is 7.32. The average molecular weight is 873 g/mol. The molecule has 2 aromatic heterocycles. The first-order chi connectivity index (χ1) is 28.7. The number of nitrogens with zero attached hydrogens (tertiary/aromatic N) is 6. The Morgan fingerprint density at radius 3 is 1.02 bits per heavy atom. The van der Waals surface area contributed by atoms with Crippen LogP contribution in [0.5, 0.6) is 0 Å². The lowest BCUT2D eigenvalue weighted by molar-refractivity contribution is 0.978. The summed E-state index contributed by atoms with van der Waals surface area (Å²) in [5, 5.41) is 2.36. The fraction of sp³-hybridized carbons (Fsp3) is 0.0385. The summed E-state index contributed by atoms with van der Waals surface area (Å²) in [4.78, 5) is 29.4. The lowest BCUT2D eigenvalue weighted by atomic mass is 9.96. The van der Waals surface area contributed by atoms with Gasteiger partial charge in [0.1, 0.15) is 0 Å². The zero-order chi connectivity index (χ0) is 38.7. The molecule has 0 amide bonds. The Morgan fingerprint density at radius 2 is 0.644 bits per heavy atom. The van der Waals surface area contributed by atoms with Gasteiger partial charge in [-0.05, 0) is 63.6 Å². The molecule has 2 heterocycles. The van der Waals surface area contributed by atoms with Crippen LogP contribution in [0.4, 0.5) is 0 Å². The monoisotopic (exact) mass is 872 g/mol. The van der Waals surface area contributed by atoms with Gasteiger partial charge in [0.15, 0.2) is 34.9 Å². The molecule has 10 rings (SSSR count). The minimum Gasteiger partial charge on any atom is -0.209 e. The molecule has 0 saturated carbocycles. The van der Waals surface area contributed by atoms with E-state index in [0.717, 1.165) is 74.3 Å². The second-order valence-electron chi connectivity index (χ2n) is 14.3. The van der Waals surface area contributed by atoms with Gasteiger partial charge >= 0.3 is 0 Å². The molecule has 0 fully saturated rings. The van der Waals surface area contributed by atoms with Crippen LogP contribution in [0, 0.1) is 0 Å². The minimum absolute atomic E-state index is 0. The van der Waals surface area contributed by atoms with Gasteiger partial charge in [-0.3, -0.25) is 0 Å². The third kappa shape index (κ3) is 8.10. The maximum atomic E-state index is 4.96. The molecule has 7 aromatic carbocycles. The number of aromatic nitrogens is 6. The van der Waals surface area contributed by atoms with E-state index in [1.54, 1.807) is 0 Å². The van der Waals surface area contributed by atoms with Gasteiger partial charge in [-0.2, -0.15) is 0 Å². The van der Waals surface area contributed by atoms with Gasteiger partial charge < -0.3 is 0 Å². The second-order valence-corrected chi connectivity index (χ2v) is 14.3. The van der Waals surface area contributed by atoms with E-state index in [-0.39, 0.29) is 24.0 Å². The van der Waals surface area contributed by atoms with Crippen LogP contribution in [0.3, 0.4) is 0 Å². The van der Waals surface area contributed by atoms with Crippen LogP contribution in [0.2, 0.25) is 0 Å². The molecule has 1 aliphatic carbocycles. The Morgan fingerprint density at radius 1 is 0.305 bits per heavy atom. The van der Waals surface area contributed by atoms with Crippen molar-refractivity contribution in [2.24, 2.45) is 0 Å². The number of benzene rings is 7. The highest BCUT2D eigenvalue weighted by molar-refractivity contribution is 14.0. The largest absolute Gasteiger partial charge is 0.209 e. The molecular formula is C52H37IN6. The van der Waals surface area contributed by atoms with Gasteiger partial charge in [0.2, 0.25) is 0 Å². The Hall–Kier alpha value is -6.97. The van der Waals surface area contributed by atoms with Crippen LogP contribution in [0.25, 0.3) is 95.5 Å². The van der Waals surface area contributed by atoms with Crippen LogP contribution in [-0.2, 0) is 0 Å². The van der Waals surface area contributed by atoms with E-state index >= 15 is 0 Å². The summed E-state index contributed by atoms with van der Waals surface area (Å²) in [5.74, 6) is 4.02. The van der Waals surface area contributed by atoms with Gasteiger partial charge in [-0.25, -0.2) is 29.9 Å². The molecular weight excluding hydrogens is 836 g/mol. The minimum atomic E-state index is 0. The smallest absolute Gasteiger partial charge is 0.164 e. The first-order valence-corrected chi connectivity index (χ1v) is 19.5. The molecule has 0 saturated heterocycles. The Balaban J connectivity index is 0.00000449. The second kappa shape index (κ2) is 16.9. The van der Waals surface area contributed by atoms with E-state index < -0.39 is 0 Å². The zero-order valence-corrected chi connectivity index (χ0v) is 34.3. The van der Waals surface area contributed by atoms with E-state index in [2.05, 4.69) is 103 Å². The van der Waals surface area contributed by atoms with Gasteiger partial charge in [0.05, 0.1) is 0 Å². The van der Waals surface area contributed by atoms with Crippen LogP contribution < -0.4 is 0 Å². The van der Waals surface area contributed by atoms with E-state index in [1.807, 2.05) is 91.0 Å². The van der Waals surface area contributed by atoms with Crippen molar-refractivity contribution in [2.45, 2.75) is 12.8 Å². The van der Waals surface area contributed by atoms with Crippen LogP contribution >= 0.6 is 24.0 Å². The van der Waals surface area contributed by atoms with Gasteiger partial charge in [0.25, 0.3) is 0 Å². The van der Waals surface area contributed by atoms with Crippen molar-refractivity contribution in [2.75, 3.05) is 0 Å². The van der Waals surface area contributed by atoms with Crippen molar-refractivity contribution in [3.63, 3.8) is 0 Å². The molecule has 0 aliphatic heterocycles. The van der Waals surface area contributed by atoms with E-state index in [9.17, 15) is 0 Å². The van der Waals surface area contributed by atoms with Crippen LogP contribution in [0.1, 0.15) is 18.7 Å². The molecule has 0 radical (unpaired) electrons. The predicted molar refractivity (Wildman–Crippen MR) is 251 cm³/mol. The number of halogens is 1. The highest BCUT2D eigenvalue weighted by Crippen LogP contribution is 2.32. The van der Waals surface area contributed by atoms with Gasteiger partial charge in [-0.15, -0.1) is 24.0 Å². The van der Waals surface area contributed by atoms with Crippen LogP contribution in [0.15, 0.2) is 194 Å². The van der Waals surface area contributed by atoms with E-state index in [1.165, 1.54) is 10.8 Å². The summed E-state index contributed by atoms with van der Waals surface area (Å²) < 4.78 is 0. The van der Waals surface area contributed by atoms with Crippen LogP contribution in [-0.4, -0.2) is 29.9 Å². The topological polar surface area (TPSA) is 77.3 Å². The molecule has 282 valence electrons. The first kappa shape index (κ1) is 37.6. The quantitative estimate of drug-likeness (QED) is 0.142. The average Bonchev–Trinajstić information content (AvgIpc) is 3.32. The van der Waals surface area contributed by atoms with Crippen molar-refractivity contribution < 1.29 is 0 Å². The molecule has 0 spiro atoms. The molecule has 59 heavy (non-hydrogen) atoms. The van der Waals surface area contributed by atoms with Crippen molar-refractivity contribution in [1.29, 1.82) is 0 Å². The highest BCUT2D eigenvalue weighted by atomic mass is 127. The number of rotatable bonds is 8. The Kier molecular flexibility index (Phi) is 10.7. The molecule has 7 heteroatoms. The normalized spacial score (nSPS) is 12.2. The maximum Gasteiger partial charge on any atom is 0.164 e. The van der Waals surface area contributed by atoms with E-state index in [4.69, 9.17) is 29.9 Å². The Bertz CT molecular complexity index is 2910. The van der Waals surface area contributed by atoms with Crippen molar-refractivity contribution in [3.8, 4) is 79.2 Å². The number of allylic oxidation sites excluding steroid dienone is 4. The summed E-state index contributed by atoms with van der Waals surface area (Å²) in [6.45, 7) is 0. The predicted octanol–water partition coefficient (Wildman–Crippen LogP) is 13.2. The lowest BCUT2D eigenvalue weighted by Gasteiger charge is -2.12.